The Hall–Kier alpha value is -1.88. The van der Waals surface area contributed by atoms with Crippen molar-refractivity contribution in [1.29, 1.82) is 0 Å². The lowest BCUT2D eigenvalue weighted by Crippen LogP contribution is -2.39. The third kappa shape index (κ3) is 3.78. The fraction of sp³-hybridized carbons (Fsp3) is 0.474. The fourth-order valence-corrected chi connectivity index (χ4v) is 3.60. The number of rotatable bonds is 7. The van der Waals surface area contributed by atoms with E-state index in [1.165, 1.54) is 25.7 Å². The highest BCUT2D eigenvalue weighted by Gasteiger charge is 2.25. The molecule has 0 radical (unpaired) electrons. The summed E-state index contributed by atoms with van der Waals surface area (Å²) in [6, 6.07) is 6.01. The molecular formula is C19H24N2O2S. The molecule has 0 N–H and O–H groups in total. The summed E-state index contributed by atoms with van der Waals surface area (Å²) >= 11 is 1.64. The van der Waals surface area contributed by atoms with Crippen LogP contribution >= 0.6 is 11.3 Å². The zero-order valence-corrected chi connectivity index (χ0v) is 15.2. The molecule has 2 heterocycles. The summed E-state index contributed by atoms with van der Waals surface area (Å²) in [5.74, 6) is 0.837. The van der Waals surface area contributed by atoms with Crippen LogP contribution < -0.4 is 9.64 Å². The first kappa shape index (κ1) is 17.0. The van der Waals surface area contributed by atoms with E-state index >= 15 is 0 Å². The first-order valence-corrected chi connectivity index (χ1v) is 9.56. The van der Waals surface area contributed by atoms with Gasteiger partial charge in [-0.3, -0.25) is 4.79 Å². The van der Waals surface area contributed by atoms with Gasteiger partial charge >= 0.3 is 0 Å². The SMILES string of the molecule is CCCCCCCN1C(=O)COc2ccc(-c3csc(C)n3)cc21. The summed E-state index contributed by atoms with van der Waals surface area (Å²) in [4.78, 5) is 18.7. The lowest BCUT2D eigenvalue weighted by molar-refractivity contribution is -0.121. The Labute approximate surface area is 147 Å². The molecular weight excluding hydrogens is 320 g/mol. The van der Waals surface area contributed by atoms with Crippen molar-refractivity contribution in [1.82, 2.24) is 4.98 Å². The van der Waals surface area contributed by atoms with Crippen LogP contribution in [0.4, 0.5) is 5.69 Å². The van der Waals surface area contributed by atoms with E-state index in [2.05, 4.69) is 17.3 Å². The lowest BCUT2D eigenvalue weighted by Gasteiger charge is -2.29. The second-order valence-electron chi connectivity index (χ2n) is 6.18. The van der Waals surface area contributed by atoms with E-state index in [-0.39, 0.29) is 12.5 Å². The monoisotopic (exact) mass is 344 g/mol. The number of fused-ring (bicyclic) bond motifs is 1. The van der Waals surface area contributed by atoms with Crippen LogP contribution in [0.1, 0.15) is 44.0 Å². The number of carbonyl (C=O) groups excluding carboxylic acids is 1. The average Bonchev–Trinajstić information content (AvgIpc) is 3.02. The van der Waals surface area contributed by atoms with Crippen molar-refractivity contribution in [3.05, 3.63) is 28.6 Å². The van der Waals surface area contributed by atoms with Crippen molar-refractivity contribution in [3.63, 3.8) is 0 Å². The Balaban J connectivity index is 1.78. The minimum atomic E-state index is 0.0459. The molecule has 1 amide bonds. The van der Waals surface area contributed by atoms with Gasteiger partial charge in [0.25, 0.3) is 5.91 Å². The summed E-state index contributed by atoms with van der Waals surface area (Å²) in [6.07, 6.45) is 5.93. The molecule has 24 heavy (non-hydrogen) atoms. The number of aryl methyl sites for hydroxylation is 1. The maximum absolute atomic E-state index is 12.3. The van der Waals surface area contributed by atoms with Crippen LogP contribution in [0.5, 0.6) is 5.75 Å². The van der Waals surface area contributed by atoms with Crippen LogP contribution in [0.3, 0.4) is 0 Å². The standard InChI is InChI=1S/C19H24N2O2S/c1-3-4-5-6-7-10-21-17-11-15(16-13-24-14(2)20-16)8-9-18(17)23-12-19(21)22/h8-9,11,13H,3-7,10,12H2,1-2H3. The average molecular weight is 344 g/mol. The predicted molar refractivity (Wildman–Crippen MR) is 98.9 cm³/mol. The number of hydrogen-bond donors (Lipinski definition) is 0. The molecule has 128 valence electrons. The number of benzene rings is 1. The highest BCUT2D eigenvalue weighted by atomic mass is 32.1. The van der Waals surface area contributed by atoms with Crippen LogP contribution in [0.2, 0.25) is 0 Å². The van der Waals surface area contributed by atoms with Gasteiger partial charge in [0.15, 0.2) is 6.61 Å². The molecule has 2 aromatic rings. The molecule has 1 aliphatic heterocycles. The van der Waals surface area contributed by atoms with Crippen molar-refractivity contribution >= 4 is 22.9 Å². The number of anilines is 1. The second kappa shape index (κ2) is 7.79. The van der Waals surface area contributed by atoms with Crippen LogP contribution in [-0.2, 0) is 4.79 Å². The van der Waals surface area contributed by atoms with Crippen LogP contribution in [0.25, 0.3) is 11.3 Å². The maximum Gasteiger partial charge on any atom is 0.265 e. The van der Waals surface area contributed by atoms with Gasteiger partial charge in [-0.2, -0.15) is 0 Å². The molecule has 3 rings (SSSR count). The molecule has 1 aromatic heterocycles. The summed E-state index contributed by atoms with van der Waals surface area (Å²) in [5.41, 5.74) is 2.87. The quantitative estimate of drug-likeness (QED) is 0.677. The van der Waals surface area contributed by atoms with Crippen molar-refractivity contribution in [2.45, 2.75) is 46.0 Å². The first-order valence-electron chi connectivity index (χ1n) is 8.68. The van der Waals surface area contributed by atoms with Crippen LogP contribution in [0.15, 0.2) is 23.6 Å². The number of aromatic nitrogens is 1. The minimum absolute atomic E-state index is 0.0459. The van der Waals surface area contributed by atoms with Crippen molar-refractivity contribution in [2.24, 2.45) is 0 Å². The molecule has 5 heteroatoms. The van der Waals surface area contributed by atoms with Gasteiger partial charge in [-0.1, -0.05) is 32.6 Å². The number of thiazole rings is 1. The predicted octanol–water partition coefficient (Wildman–Crippen LogP) is 4.81. The second-order valence-corrected chi connectivity index (χ2v) is 7.24. The van der Waals surface area contributed by atoms with Gasteiger partial charge in [0, 0.05) is 17.5 Å². The molecule has 1 aliphatic rings. The van der Waals surface area contributed by atoms with Crippen molar-refractivity contribution in [2.75, 3.05) is 18.1 Å². The summed E-state index contributed by atoms with van der Waals surface area (Å²) in [6.45, 7) is 5.11. The van der Waals surface area contributed by atoms with Gasteiger partial charge in [-0.05, 0) is 31.5 Å². The van der Waals surface area contributed by atoms with E-state index in [0.29, 0.717) is 0 Å². The summed E-state index contributed by atoms with van der Waals surface area (Å²) < 4.78 is 5.60. The molecule has 0 atom stereocenters. The number of unbranched alkanes of at least 4 members (excludes halogenated alkanes) is 4. The number of nitrogens with zero attached hydrogens (tertiary/aromatic N) is 2. The molecule has 0 unspecified atom stereocenters. The normalized spacial score (nSPS) is 13.8. The molecule has 0 saturated heterocycles. The highest BCUT2D eigenvalue weighted by Crippen LogP contribution is 2.36. The van der Waals surface area contributed by atoms with Crippen LogP contribution in [0, 0.1) is 6.92 Å². The number of carbonyl (C=O) groups is 1. The number of ether oxygens (including phenoxy) is 1. The van der Waals surface area contributed by atoms with E-state index in [1.54, 1.807) is 11.3 Å². The Morgan fingerprint density at radius 3 is 2.83 bits per heavy atom. The van der Waals surface area contributed by atoms with Crippen LogP contribution in [-0.4, -0.2) is 24.0 Å². The third-order valence-electron chi connectivity index (χ3n) is 4.30. The summed E-state index contributed by atoms with van der Waals surface area (Å²) in [5, 5.41) is 3.10. The number of hydrogen-bond acceptors (Lipinski definition) is 4. The Bertz CT molecular complexity index is 711. The van der Waals surface area contributed by atoms with E-state index < -0.39 is 0 Å². The van der Waals surface area contributed by atoms with Crippen molar-refractivity contribution in [3.8, 4) is 17.0 Å². The first-order chi connectivity index (χ1) is 11.7. The van der Waals surface area contributed by atoms with Gasteiger partial charge in [0.1, 0.15) is 5.75 Å². The topological polar surface area (TPSA) is 42.4 Å². The molecule has 0 fully saturated rings. The van der Waals surface area contributed by atoms with Gasteiger partial charge in [-0.25, -0.2) is 4.98 Å². The van der Waals surface area contributed by atoms with Gasteiger partial charge in [-0.15, -0.1) is 11.3 Å². The molecule has 4 nitrogen and oxygen atoms in total. The maximum atomic E-state index is 12.3. The zero-order chi connectivity index (χ0) is 16.9. The zero-order valence-electron chi connectivity index (χ0n) is 14.4. The summed E-state index contributed by atoms with van der Waals surface area (Å²) in [7, 11) is 0. The van der Waals surface area contributed by atoms with Gasteiger partial charge in [0.05, 0.1) is 16.4 Å². The molecule has 0 saturated carbocycles. The van der Waals surface area contributed by atoms with E-state index in [9.17, 15) is 4.79 Å². The smallest absolute Gasteiger partial charge is 0.265 e. The molecule has 1 aromatic carbocycles. The Kier molecular flexibility index (Phi) is 5.51. The molecule has 0 bridgehead atoms. The van der Waals surface area contributed by atoms with E-state index in [4.69, 9.17) is 4.74 Å². The van der Waals surface area contributed by atoms with E-state index in [0.717, 1.165) is 40.7 Å². The molecule has 0 aliphatic carbocycles. The minimum Gasteiger partial charge on any atom is -0.482 e. The highest BCUT2D eigenvalue weighted by molar-refractivity contribution is 7.09. The van der Waals surface area contributed by atoms with E-state index in [1.807, 2.05) is 30.0 Å². The Morgan fingerprint density at radius 1 is 1.25 bits per heavy atom. The number of amides is 1. The lowest BCUT2D eigenvalue weighted by atomic mass is 10.1. The third-order valence-corrected chi connectivity index (χ3v) is 5.08. The molecule has 0 spiro atoms. The van der Waals surface area contributed by atoms with Crippen molar-refractivity contribution < 1.29 is 9.53 Å². The van der Waals surface area contributed by atoms with Gasteiger partial charge in [0.2, 0.25) is 0 Å². The fourth-order valence-electron chi connectivity index (χ4n) is 2.98. The largest absolute Gasteiger partial charge is 0.482 e. The van der Waals surface area contributed by atoms with Gasteiger partial charge < -0.3 is 9.64 Å². The Morgan fingerprint density at radius 2 is 2.08 bits per heavy atom.